The van der Waals surface area contributed by atoms with Crippen LogP contribution < -0.4 is 10.7 Å². The maximum absolute atomic E-state index is 12.3. The highest BCUT2D eigenvalue weighted by Gasteiger charge is 2.19. The fraction of sp³-hybridized carbons (Fsp3) is 0.381. The van der Waals surface area contributed by atoms with Gasteiger partial charge in [-0.25, -0.2) is 5.43 Å². The third-order valence-electron chi connectivity index (χ3n) is 4.50. The Kier molecular flexibility index (Phi) is 6.89. The van der Waals surface area contributed by atoms with Crippen LogP contribution in [0.3, 0.4) is 0 Å². The molecule has 0 saturated heterocycles. The van der Waals surface area contributed by atoms with Crippen LogP contribution in [0, 0.1) is 5.92 Å². The van der Waals surface area contributed by atoms with E-state index in [4.69, 9.17) is 0 Å². The highest BCUT2D eigenvalue weighted by Crippen LogP contribution is 2.26. The molecular weight excluding hydrogens is 326 g/mol. The summed E-state index contributed by atoms with van der Waals surface area (Å²) in [5.74, 6) is 0.0808. The highest BCUT2D eigenvalue weighted by molar-refractivity contribution is 6.02. The Hall–Kier alpha value is -2.69. The Morgan fingerprint density at radius 2 is 1.96 bits per heavy atom. The predicted molar refractivity (Wildman–Crippen MR) is 106 cm³/mol. The highest BCUT2D eigenvalue weighted by atomic mass is 16.2. The number of nitrogens with zero attached hydrogens (tertiary/aromatic N) is 1. The number of hydrazone groups is 1. The van der Waals surface area contributed by atoms with E-state index in [9.17, 15) is 9.59 Å². The standard InChI is InChI=1S/C21H27N3O2/c1-5-6-20(25)22-18-11-9-16(10-12-18)21(26)24-23-19-13-17(14(2)3)8-7-15(19)4/h7,9-12,17H,2,5-6,8,13H2,1,3-4H3,(H,22,25)(H,24,26). The minimum Gasteiger partial charge on any atom is -0.326 e. The summed E-state index contributed by atoms with van der Waals surface area (Å²) in [6, 6.07) is 6.80. The van der Waals surface area contributed by atoms with Gasteiger partial charge in [0.15, 0.2) is 0 Å². The van der Waals surface area contributed by atoms with Crippen molar-refractivity contribution in [1.29, 1.82) is 0 Å². The van der Waals surface area contributed by atoms with E-state index >= 15 is 0 Å². The molecule has 1 aliphatic rings. The van der Waals surface area contributed by atoms with E-state index in [-0.39, 0.29) is 11.8 Å². The zero-order chi connectivity index (χ0) is 19.1. The van der Waals surface area contributed by atoms with E-state index in [0.717, 1.165) is 36.1 Å². The second kappa shape index (κ2) is 9.13. The van der Waals surface area contributed by atoms with Crippen LogP contribution in [0.15, 0.2) is 53.2 Å². The van der Waals surface area contributed by atoms with Gasteiger partial charge in [0.2, 0.25) is 5.91 Å². The molecule has 5 heteroatoms. The molecule has 0 heterocycles. The van der Waals surface area contributed by atoms with Gasteiger partial charge in [0.25, 0.3) is 5.91 Å². The number of amides is 2. The fourth-order valence-corrected chi connectivity index (χ4v) is 2.76. The van der Waals surface area contributed by atoms with Gasteiger partial charge in [-0.15, -0.1) is 0 Å². The van der Waals surface area contributed by atoms with Crippen molar-refractivity contribution >= 4 is 23.2 Å². The summed E-state index contributed by atoms with van der Waals surface area (Å²) in [5, 5.41) is 7.11. The summed E-state index contributed by atoms with van der Waals surface area (Å²) in [4.78, 5) is 23.9. The van der Waals surface area contributed by atoms with Crippen LogP contribution in [0.25, 0.3) is 0 Å². The number of nitrogens with one attached hydrogen (secondary N) is 2. The molecule has 1 aliphatic carbocycles. The molecule has 0 saturated carbocycles. The van der Waals surface area contributed by atoms with Crippen molar-refractivity contribution in [2.24, 2.45) is 11.0 Å². The zero-order valence-corrected chi connectivity index (χ0v) is 15.8. The van der Waals surface area contributed by atoms with Crippen molar-refractivity contribution in [3.63, 3.8) is 0 Å². The largest absolute Gasteiger partial charge is 0.326 e. The smallest absolute Gasteiger partial charge is 0.271 e. The Balaban J connectivity index is 1.99. The van der Waals surface area contributed by atoms with Crippen LogP contribution >= 0.6 is 0 Å². The number of anilines is 1. The minimum absolute atomic E-state index is 0.0253. The van der Waals surface area contributed by atoms with Crippen LogP contribution in [0.2, 0.25) is 0 Å². The van der Waals surface area contributed by atoms with Crippen molar-refractivity contribution in [3.05, 3.63) is 53.6 Å². The monoisotopic (exact) mass is 353 g/mol. The molecule has 2 rings (SSSR count). The molecule has 1 aromatic rings. The van der Waals surface area contributed by atoms with E-state index in [1.54, 1.807) is 24.3 Å². The van der Waals surface area contributed by atoms with E-state index < -0.39 is 0 Å². The molecule has 0 aromatic heterocycles. The van der Waals surface area contributed by atoms with Gasteiger partial charge in [-0.3, -0.25) is 9.59 Å². The van der Waals surface area contributed by atoms with Crippen LogP contribution in [-0.2, 0) is 4.79 Å². The van der Waals surface area contributed by atoms with Crippen molar-refractivity contribution in [2.45, 2.75) is 46.5 Å². The lowest BCUT2D eigenvalue weighted by Crippen LogP contribution is -2.23. The Morgan fingerprint density at radius 3 is 2.58 bits per heavy atom. The molecule has 2 N–H and O–H groups in total. The van der Waals surface area contributed by atoms with E-state index in [2.05, 4.69) is 28.5 Å². The molecule has 1 atom stereocenters. The second-order valence-corrected chi connectivity index (χ2v) is 6.75. The summed E-state index contributed by atoms with van der Waals surface area (Å²) in [7, 11) is 0. The number of rotatable bonds is 6. The molecule has 0 aliphatic heterocycles. The number of carbonyl (C=O) groups is 2. The van der Waals surface area contributed by atoms with Gasteiger partial charge >= 0.3 is 0 Å². The minimum atomic E-state index is -0.269. The average molecular weight is 353 g/mol. The molecule has 2 amide bonds. The van der Waals surface area contributed by atoms with E-state index in [1.807, 2.05) is 20.8 Å². The summed E-state index contributed by atoms with van der Waals surface area (Å²) in [5.41, 5.74) is 6.93. The maximum Gasteiger partial charge on any atom is 0.271 e. The van der Waals surface area contributed by atoms with Crippen LogP contribution in [0.5, 0.6) is 0 Å². The lowest BCUT2D eigenvalue weighted by atomic mass is 9.85. The first kappa shape index (κ1) is 19.6. The van der Waals surface area contributed by atoms with Gasteiger partial charge in [0.05, 0.1) is 5.71 Å². The molecule has 0 radical (unpaired) electrons. The van der Waals surface area contributed by atoms with Crippen LogP contribution in [0.1, 0.15) is 56.8 Å². The van der Waals surface area contributed by atoms with E-state index in [1.165, 1.54) is 0 Å². The molecule has 1 aromatic carbocycles. The lowest BCUT2D eigenvalue weighted by molar-refractivity contribution is -0.116. The number of hydrogen-bond acceptors (Lipinski definition) is 3. The number of hydrogen-bond donors (Lipinski definition) is 2. The summed E-state index contributed by atoms with van der Waals surface area (Å²) in [6.07, 6.45) is 5.19. The first-order valence-corrected chi connectivity index (χ1v) is 9.00. The average Bonchev–Trinajstić information content (AvgIpc) is 2.61. The van der Waals surface area contributed by atoms with Crippen molar-refractivity contribution < 1.29 is 9.59 Å². The lowest BCUT2D eigenvalue weighted by Gasteiger charge is -2.22. The van der Waals surface area contributed by atoms with Gasteiger partial charge in [-0.2, -0.15) is 5.10 Å². The fourth-order valence-electron chi connectivity index (χ4n) is 2.76. The number of benzene rings is 1. The number of allylic oxidation sites excluding steroid dienone is 3. The third-order valence-corrected chi connectivity index (χ3v) is 4.50. The maximum atomic E-state index is 12.3. The van der Waals surface area contributed by atoms with Crippen LogP contribution in [0.4, 0.5) is 5.69 Å². The molecule has 26 heavy (non-hydrogen) atoms. The topological polar surface area (TPSA) is 70.6 Å². The SMILES string of the molecule is C=C(C)C1CC=C(C)C(=NNC(=O)c2ccc(NC(=O)CCC)cc2)C1. The van der Waals surface area contributed by atoms with Gasteiger partial charge in [-0.05, 0) is 68.9 Å². The molecule has 5 nitrogen and oxygen atoms in total. The first-order valence-electron chi connectivity index (χ1n) is 9.00. The van der Waals surface area contributed by atoms with Gasteiger partial charge < -0.3 is 5.32 Å². The normalized spacial score (nSPS) is 18.2. The Bertz CT molecular complexity index is 745. The zero-order valence-electron chi connectivity index (χ0n) is 15.8. The van der Waals surface area contributed by atoms with Crippen molar-refractivity contribution in [2.75, 3.05) is 5.32 Å². The van der Waals surface area contributed by atoms with Gasteiger partial charge in [-0.1, -0.05) is 25.2 Å². The third kappa shape index (κ3) is 5.41. The van der Waals surface area contributed by atoms with Gasteiger partial charge in [0.1, 0.15) is 0 Å². The van der Waals surface area contributed by atoms with Crippen molar-refractivity contribution in [1.82, 2.24) is 5.43 Å². The molecule has 138 valence electrons. The summed E-state index contributed by atoms with van der Waals surface area (Å²) >= 11 is 0. The second-order valence-electron chi connectivity index (χ2n) is 6.75. The quantitative estimate of drug-likeness (QED) is 0.586. The Morgan fingerprint density at radius 1 is 1.27 bits per heavy atom. The summed E-state index contributed by atoms with van der Waals surface area (Å²) < 4.78 is 0. The number of carbonyl (C=O) groups excluding carboxylic acids is 2. The predicted octanol–water partition coefficient (Wildman–Crippen LogP) is 4.44. The molecule has 1 unspecified atom stereocenters. The molecule has 0 bridgehead atoms. The van der Waals surface area contributed by atoms with Gasteiger partial charge in [0, 0.05) is 17.7 Å². The van der Waals surface area contributed by atoms with Crippen LogP contribution in [-0.4, -0.2) is 17.5 Å². The molecule has 0 spiro atoms. The van der Waals surface area contributed by atoms with E-state index in [0.29, 0.717) is 23.6 Å². The van der Waals surface area contributed by atoms with Crippen molar-refractivity contribution in [3.8, 4) is 0 Å². The molecular formula is C21H27N3O2. The summed E-state index contributed by atoms with van der Waals surface area (Å²) in [6.45, 7) is 10.0. The molecule has 0 fully saturated rings. The first-order chi connectivity index (χ1) is 12.4. The Labute approximate surface area is 155 Å².